The molecule has 0 radical (unpaired) electrons. The zero-order valence-corrected chi connectivity index (χ0v) is 14.6. The monoisotopic (exact) mass is 344 g/mol. The molecule has 4 heteroatoms. The summed E-state index contributed by atoms with van der Waals surface area (Å²) in [6, 6.07) is 25.5. The maximum atomic E-state index is 13.2. The molecule has 1 aliphatic rings. The molecule has 0 aliphatic carbocycles. The number of para-hydroxylation sites is 1. The SMILES string of the molecule is COc1ccc(CN2C(=O)c3ccccc3N[C@H]2c2ccccc2)cc1. The molecule has 0 spiro atoms. The fourth-order valence-corrected chi connectivity index (χ4v) is 3.28. The van der Waals surface area contributed by atoms with Gasteiger partial charge in [0.05, 0.1) is 12.7 Å². The van der Waals surface area contributed by atoms with E-state index in [1.54, 1.807) is 7.11 Å². The molecule has 0 aromatic heterocycles. The lowest BCUT2D eigenvalue weighted by molar-refractivity contribution is 0.0666. The Kier molecular flexibility index (Phi) is 4.32. The molecule has 1 N–H and O–H groups in total. The number of benzene rings is 3. The summed E-state index contributed by atoms with van der Waals surface area (Å²) in [4.78, 5) is 15.1. The molecule has 26 heavy (non-hydrogen) atoms. The Bertz CT molecular complexity index is 907. The smallest absolute Gasteiger partial charge is 0.258 e. The first kappa shape index (κ1) is 16.2. The summed E-state index contributed by atoms with van der Waals surface area (Å²) in [5, 5.41) is 3.52. The molecular formula is C22H20N2O2. The van der Waals surface area contributed by atoms with E-state index in [0.717, 1.165) is 22.6 Å². The number of methoxy groups -OCH3 is 1. The van der Waals surface area contributed by atoms with Gasteiger partial charge in [-0.15, -0.1) is 0 Å². The first-order chi connectivity index (χ1) is 12.8. The van der Waals surface area contributed by atoms with E-state index in [1.165, 1.54) is 0 Å². The van der Waals surface area contributed by atoms with Crippen LogP contribution in [0.1, 0.15) is 27.7 Å². The average molecular weight is 344 g/mol. The molecule has 0 unspecified atom stereocenters. The van der Waals surface area contributed by atoms with Crippen molar-refractivity contribution >= 4 is 11.6 Å². The zero-order chi connectivity index (χ0) is 17.9. The molecule has 3 aromatic carbocycles. The number of carbonyl (C=O) groups is 1. The zero-order valence-electron chi connectivity index (χ0n) is 14.6. The molecule has 130 valence electrons. The highest BCUT2D eigenvalue weighted by atomic mass is 16.5. The van der Waals surface area contributed by atoms with Crippen LogP contribution in [0.2, 0.25) is 0 Å². The van der Waals surface area contributed by atoms with E-state index in [2.05, 4.69) is 5.32 Å². The Balaban J connectivity index is 1.71. The quantitative estimate of drug-likeness (QED) is 0.760. The number of fused-ring (bicyclic) bond motifs is 1. The summed E-state index contributed by atoms with van der Waals surface area (Å²) in [6.45, 7) is 0.518. The Hall–Kier alpha value is -3.27. The molecule has 0 bridgehead atoms. The van der Waals surface area contributed by atoms with E-state index in [0.29, 0.717) is 12.1 Å². The molecule has 0 fully saturated rings. The number of amides is 1. The van der Waals surface area contributed by atoms with Gasteiger partial charge in [-0.25, -0.2) is 0 Å². The van der Waals surface area contributed by atoms with Gasteiger partial charge in [0.15, 0.2) is 0 Å². The highest BCUT2D eigenvalue weighted by molar-refractivity contribution is 6.01. The van der Waals surface area contributed by atoms with Crippen LogP contribution >= 0.6 is 0 Å². The third kappa shape index (κ3) is 3.02. The average Bonchev–Trinajstić information content (AvgIpc) is 2.71. The number of carbonyl (C=O) groups excluding carboxylic acids is 1. The minimum Gasteiger partial charge on any atom is -0.497 e. The van der Waals surface area contributed by atoms with Gasteiger partial charge in [-0.2, -0.15) is 0 Å². The van der Waals surface area contributed by atoms with Gasteiger partial charge in [0.25, 0.3) is 5.91 Å². The number of nitrogens with zero attached hydrogens (tertiary/aromatic N) is 1. The van der Waals surface area contributed by atoms with Gasteiger partial charge in [-0.1, -0.05) is 54.6 Å². The fourth-order valence-electron chi connectivity index (χ4n) is 3.28. The van der Waals surface area contributed by atoms with Crippen molar-refractivity contribution in [2.45, 2.75) is 12.7 Å². The topological polar surface area (TPSA) is 41.6 Å². The summed E-state index contributed by atoms with van der Waals surface area (Å²) in [6.07, 6.45) is -0.208. The molecule has 1 amide bonds. The molecule has 1 atom stereocenters. The van der Waals surface area contributed by atoms with Gasteiger partial charge in [0.1, 0.15) is 11.9 Å². The fraction of sp³-hybridized carbons (Fsp3) is 0.136. The second-order valence-electron chi connectivity index (χ2n) is 6.28. The van der Waals surface area contributed by atoms with E-state index in [-0.39, 0.29) is 12.1 Å². The molecule has 3 aromatic rings. The molecule has 4 nitrogen and oxygen atoms in total. The first-order valence-electron chi connectivity index (χ1n) is 8.60. The van der Waals surface area contributed by atoms with E-state index < -0.39 is 0 Å². The van der Waals surface area contributed by atoms with Gasteiger partial charge in [0, 0.05) is 12.2 Å². The van der Waals surface area contributed by atoms with Crippen LogP contribution < -0.4 is 10.1 Å². The van der Waals surface area contributed by atoms with Crippen LogP contribution in [-0.2, 0) is 6.54 Å². The van der Waals surface area contributed by atoms with Crippen molar-refractivity contribution in [3.63, 3.8) is 0 Å². The van der Waals surface area contributed by atoms with Crippen LogP contribution in [0.15, 0.2) is 78.9 Å². The van der Waals surface area contributed by atoms with Crippen molar-refractivity contribution in [3.8, 4) is 5.75 Å². The minimum absolute atomic E-state index is 0.0315. The van der Waals surface area contributed by atoms with Gasteiger partial charge in [-0.3, -0.25) is 4.79 Å². The second kappa shape index (κ2) is 6.92. The Morgan fingerprint density at radius 1 is 0.923 bits per heavy atom. The number of hydrogen-bond donors (Lipinski definition) is 1. The van der Waals surface area contributed by atoms with Gasteiger partial charge < -0.3 is 15.0 Å². The summed E-state index contributed by atoms with van der Waals surface area (Å²) >= 11 is 0. The summed E-state index contributed by atoms with van der Waals surface area (Å²) < 4.78 is 5.22. The summed E-state index contributed by atoms with van der Waals surface area (Å²) in [7, 11) is 1.65. The van der Waals surface area contributed by atoms with Gasteiger partial charge in [-0.05, 0) is 35.4 Å². The molecular weight excluding hydrogens is 324 g/mol. The van der Waals surface area contributed by atoms with Crippen molar-refractivity contribution < 1.29 is 9.53 Å². The van der Waals surface area contributed by atoms with Crippen molar-refractivity contribution in [2.75, 3.05) is 12.4 Å². The first-order valence-corrected chi connectivity index (χ1v) is 8.60. The van der Waals surface area contributed by atoms with Crippen molar-refractivity contribution in [3.05, 3.63) is 95.6 Å². The standard InChI is InChI=1S/C22H20N2O2/c1-26-18-13-11-16(12-14-18)15-24-21(17-7-3-2-4-8-17)23-20-10-6-5-9-19(20)22(24)25/h2-14,21,23H,15H2,1H3/t21-/m1/s1. The van der Waals surface area contributed by atoms with Gasteiger partial charge in [0.2, 0.25) is 0 Å². The molecule has 4 rings (SSSR count). The third-order valence-corrected chi connectivity index (χ3v) is 4.65. The van der Waals surface area contributed by atoms with E-state index >= 15 is 0 Å². The number of ether oxygens (including phenoxy) is 1. The number of nitrogens with one attached hydrogen (secondary N) is 1. The molecule has 1 heterocycles. The molecule has 0 saturated carbocycles. The van der Waals surface area contributed by atoms with E-state index in [1.807, 2.05) is 83.8 Å². The normalized spacial score (nSPS) is 16.0. The lowest BCUT2D eigenvalue weighted by Crippen LogP contribution is -2.42. The van der Waals surface area contributed by atoms with Crippen LogP contribution in [-0.4, -0.2) is 17.9 Å². The van der Waals surface area contributed by atoms with Crippen LogP contribution in [0.25, 0.3) is 0 Å². The highest BCUT2D eigenvalue weighted by Gasteiger charge is 2.32. The third-order valence-electron chi connectivity index (χ3n) is 4.65. The van der Waals surface area contributed by atoms with Crippen LogP contribution in [0.4, 0.5) is 5.69 Å². The largest absolute Gasteiger partial charge is 0.497 e. The number of anilines is 1. The van der Waals surface area contributed by atoms with E-state index in [4.69, 9.17) is 4.74 Å². The lowest BCUT2D eigenvalue weighted by atomic mass is 10.0. The predicted octanol–water partition coefficient (Wildman–Crippen LogP) is 4.46. The second-order valence-corrected chi connectivity index (χ2v) is 6.28. The van der Waals surface area contributed by atoms with E-state index in [9.17, 15) is 4.79 Å². The molecule has 0 saturated heterocycles. The van der Waals surface area contributed by atoms with Crippen molar-refractivity contribution in [2.24, 2.45) is 0 Å². The van der Waals surface area contributed by atoms with Crippen LogP contribution in [0, 0.1) is 0 Å². The maximum absolute atomic E-state index is 13.2. The van der Waals surface area contributed by atoms with Crippen LogP contribution in [0.5, 0.6) is 5.75 Å². The summed E-state index contributed by atoms with van der Waals surface area (Å²) in [5.41, 5.74) is 3.69. The van der Waals surface area contributed by atoms with Crippen molar-refractivity contribution in [1.82, 2.24) is 4.90 Å². The number of rotatable bonds is 4. The molecule has 1 aliphatic heterocycles. The van der Waals surface area contributed by atoms with Crippen molar-refractivity contribution in [1.29, 1.82) is 0 Å². The van der Waals surface area contributed by atoms with Gasteiger partial charge >= 0.3 is 0 Å². The Morgan fingerprint density at radius 2 is 1.62 bits per heavy atom. The summed E-state index contributed by atoms with van der Waals surface area (Å²) in [5.74, 6) is 0.839. The number of hydrogen-bond acceptors (Lipinski definition) is 3. The van der Waals surface area contributed by atoms with Crippen LogP contribution in [0.3, 0.4) is 0 Å². The minimum atomic E-state index is -0.208. The lowest BCUT2D eigenvalue weighted by Gasteiger charge is -2.38. The highest BCUT2D eigenvalue weighted by Crippen LogP contribution is 2.34. The Labute approximate surface area is 153 Å². The maximum Gasteiger partial charge on any atom is 0.258 e. The Morgan fingerprint density at radius 3 is 2.35 bits per heavy atom. The predicted molar refractivity (Wildman–Crippen MR) is 102 cm³/mol.